The zero-order valence-electron chi connectivity index (χ0n) is 13.4. The summed E-state index contributed by atoms with van der Waals surface area (Å²) in [5.41, 5.74) is 4.99. The van der Waals surface area contributed by atoms with Crippen molar-refractivity contribution in [2.24, 2.45) is 0 Å². The highest BCUT2D eigenvalue weighted by Crippen LogP contribution is 2.36. The molecular weight excluding hydrogens is 384 g/mol. The van der Waals surface area contributed by atoms with Gasteiger partial charge in [-0.1, -0.05) is 12.2 Å². The van der Waals surface area contributed by atoms with Crippen molar-refractivity contribution in [3.8, 4) is 0 Å². The molecule has 122 valence electrons. The van der Waals surface area contributed by atoms with Crippen LogP contribution in [0.1, 0.15) is 32.2 Å². The number of carbonyl (C=O) groups is 1. The fraction of sp³-hybridized carbons (Fsp3) is 0.263. The minimum absolute atomic E-state index is 0.147. The van der Waals surface area contributed by atoms with E-state index in [9.17, 15) is 4.79 Å². The first-order chi connectivity index (χ1) is 11.6. The van der Waals surface area contributed by atoms with Crippen LogP contribution in [0.2, 0.25) is 0 Å². The van der Waals surface area contributed by atoms with Crippen molar-refractivity contribution in [3.05, 3.63) is 67.6 Å². The van der Waals surface area contributed by atoms with Gasteiger partial charge in [-0.15, -0.1) is 11.3 Å². The van der Waals surface area contributed by atoms with E-state index >= 15 is 0 Å². The van der Waals surface area contributed by atoms with Gasteiger partial charge in [-0.3, -0.25) is 9.78 Å². The van der Waals surface area contributed by atoms with Crippen LogP contribution in [0, 0.1) is 6.92 Å². The molecule has 2 aliphatic rings. The number of hydrogen-bond donors (Lipinski definition) is 0. The lowest BCUT2D eigenvalue weighted by molar-refractivity contribution is 0.0774. The van der Waals surface area contributed by atoms with Gasteiger partial charge >= 0.3 is 0 Å². The number of halogens is 1. The van der Waals surface area contributed by atoms with Crippen molar-refractivity contribution in [3.63, 3.8) is 0 Å². The van der Waals surface area contributed by atoms with E-state index < -0.39 is 0 Å². The molecule has 5 heteroatoms. The first kappa shape index (κ1) is 15.8. The lowest BCUT2D eigenvalue weighted by atomic mass is 9.96. The largest absolute Gasteiger partial charge is 0.334 e. The highest BCUT2D eigenvalue weighted by molar-refractivity contribution is 9.10. The summed E-state index contributed by atoms with van der Waals surface area (Å²) in [5.74, 6) is 0.147. The molecule has 0 radical (unpaired) electrons. The maximum Gasteiger partial charge on any atom is 0.264 e. The number of pyridine rings is 1. The third-order valence-corrected chi connectivity index (χ3v) is 5.94. The minimum Gasteiger partial charge on any atom is -0.334 e. The second kappa shape index (κ2) is 6.30. The van der Waals surface area contributed by atoms with Crippen LogP contribution in [0.15, 0.2) is 46.6 Å². The third kappa shape index (κ3) is 2.87. The van der Waals surface area contributed by atoms with Gasteiger partial charge in [-0.25, -0.2) is 0 Å². The molecule has 0 bridgehead atoms. The van der Waals surface area contributed by atoms with E-state index in [-0.39, 0.29) is 5.91 Å². The molecule has 0 atom stereocenters. The Hall–Kier alpha value is -1.72. The standard InChI is InChI=1S/C19H17BrN2OS/c1-12-2-5-18(24-12)19(23)22-8-6-13(7-9-22)15-3-4-17-16(15)10-14(20)11-21-17/h2-3,5-6,10-11H,4,7-9H2,1H3. The normalized spacial score (nSPS) is 16.7. The van der Waals surface area contributed by atoms with Crippen LogP contribution in [0.25, 0.3) is 5.57 Å². The highest BCUT2D eigenvalue weighted by atomic mass is 79.9. The summed E-state index contributed by atoms with van der Waals surface area (Å²) in [6.07, 6.45) is 8.11. The zero-order chi connectivity index (χ0) is 16.7. The van der Waals surface area contributed by atoms with E-state index in [4.69, 9.17) is 0 Å². The van der Waals surface area contributed by atoms with E-state index in [0.717, 1.165) is 34.4 Å². The molecule has 0 aromatic carbocycles. The lowest BCUT2D eigenvalue weighted by Gasteiger charge is -2.27. The molecule has 1 aliphatic carbocycles. The summed E-state index contributed by atoms with van der Waals surface area (Å²) in [4.78, 5) is 21.0. The molecule has 3 heterocycles. The van der Waals surface area contributed by atoms with Gasteiger partial charge in [0.2, 0.25) is 0 Å². The van der Waals surface area contributed by atoms with E-state index in [1.807, 2.05) is 30.2 Å². The van der Waals surface area contributed by atoms with Gasteiger partial charge in [0, 0.05) is 40.6 Å². The van der Waals surface area contributed by atoms with Crippen LogP contribution < -0.4 is 0 Å². The van der Waals surface area contributed by atoms with Gasteiger partial charge in [-0.2, -0.15) is 0 Å². The van der Waals surface area contributed by atoms with Crippen LogP contribution in [-0.4, -0.2) is 28.9 Å². The SMILES string of the molecule is Cc1ccc(C(=O)N2CC=C(C3=CCc4ncc(Br)cc43)CC2)s1. The number of fused-ring (bicyclic) bond motifs is 1. The Bertz CT molecular complexity index is 881. The zero-order valence-corrected chi connectivity index (χ0v) is 15.8. The van der Waals surface area contributed by atoms with Crippen molar-refractivity contribution in [1.82, 2.24) is 9.88 Å². The predicted octanol–water partition coefficient (Wildman–Crippen LogP) is 4.63. The number of aryl methyl sites for hydroxylation is 1. The van der Waals surface area contributed by atoms with E-state index in [2.05, 4.69) is 39.1 Å². The quantitative estimate of drug-likeness (QED) is 0.736. The van der Waals surface area contributed by atoms with Crippen molar-refractivity contribution >= 4 is 38.7 Å². The molecule has 0 fully saturated rings. The maximum atomic E-state index is 12.6. The average Bonchev–Trinajstić information content (AvgIpc) is 3.20. The molecule has 2 aromatic rings. The molecule has 1 aliphatic heterocycles. The molecule has 0 saturated heterocycles. The van der Waals surface area contributed by atoms with Gasteiger partial charge in [0.05, 0.1) is 10.6 Å². The molecule has 0 spiro atoms. The lowest BCUT2D eigenvalue weighted by Crippen LogP contribution is -2.34. The summed E-state index contributed by atoms with van der Waals surface area (Å²) in [6.45, 7) is 3.49. The Morgan fingerprint density at radius 1 is 1.33 bits per heavy atom. The van der Waals surface area contributed by atoms with Crippen molar-refractivity contribution in [2.45, 2.75) is 19.8 Å². The van der Waals surface area contributed by atoms with Crippen molar-refractivity contribution < 1.29 is 4.79 Å². The summed E-state index contributed by atoms with van der Waals surface area (Å²) in [5, 5.41) is 0. The second-order valence-electron chi connectivity index (χ2n) is 6.11. The highest BCUT2D eigenvalue weighted by Gasteiger charge is 2.24. The number of hydrogen-bond acceptors (Lipinski definition) is 3. The molecule has 1 amide bonds. The van der Waals surface area contributed by atoms with Crippen molar-refractivity contribution in [1.29, 1.82) is 0 Å². The number of aromatic nitrogens is 1. The van der Waals surface area contributed by atoms with Gasteiger partial charge in [0.1, 0.15) is 0 Å². The Balaban J connectivity index is 1.52. The molecule has 0 N–H and O–H groups in total. The monoisotopic (exact) mass is 400 g/mol. The number of carbonyl (C=O) groups excluding carboxylic acids is 1. The minimum atomic E-state index is 0.147. The number of rotatable bonds is 2. The number of nitrogens with zero attached hydrogens (tertiary/aromatic N) is 2. The number of allylic oxidation sites excluding steroid dienone is 2. The smallest absolute Gasteiger partial charge is 0.264 e. The van der Waals surface area contributed by atoms with E-state index in [1.54, 1.807) is 11.3 Å². The maximum absolute atomic E-state index is 12.6. The Morgan fingerprint density at radius 3 is 2.92 bits per heavy atom. The molecule has 0 unspecified atom stereocenters. The van der Waals surface area contributed by atoms with Gasteiger partial charge in [-0.05, 0) is 58.6 Å². The first-order valence-electron chi connectivity index (χ1n) is 8.02. The van der Waals surface area contributed by atoms with Crippen LogP contribution >= 0.6 is 27.3 Å². The van der Waals surface area contributed by atoms with E-state index in [1.165, 1.54) is 21.6 Å². The van der Waals surface area contributed by atoms with Crippen LogP contribution in [-0.2, 0) is 6.42 Å². The van der Waals surface area contributed by atoms with Crippen LogP contribution in [0.5, 0.6) is 0 Å². The molecule has 4 rings (SSSR count). The average molecular weight is 401 g/mol. The number of thiophene rings is 1. The van der Waals surface area contributed by atoms with Crippen molar-refractivity contribution in [2.75, 3.05) is 13.1 Å². The second-order valence-corrected chi connectivity index (χ2v) is 8.31. The van der Waals surface area contributed by atoms with Crippen LogP contribution in [0.3, 0.4) is 0 Å². The predicted molar refractivity (Wildman–Crippen MR) is 101 cm³/mol. The Morgan fingerprint density at radius 2 is 2.21 bits per heavy atom. The summed E-state index contributed by atoms with van der Waals surface area (Å²) < 4.78 is 1.01. The first-order valence-corrected chi connectivity index (χ1v) is 9.63. The fourth-order valence-electron chi connectivity index (χ4n) is 3.28. The van der Waals surface area contributed by atoms with Crippen LogP contribution in [0.4, 0.5) is 0 Å². The summed E-state index contributed by atoms with van der Waals surface area (Å²) >= 11 is 5.08. The summed E-state index contributed by atoms with van der Waals surface area (Å²) in [7, 11) is 0. The molecule has 0 saturated carbocycles. The van der Waals surface area contributed by atoms with Gasteiger partial charge < -0.3 is 4.90 Å². The topological polar surface area (TPSA) is 33.2 Å². The van der Waals surface area contributed by atoms with E-state index in [0.29, 0.717) is 6.54 Å². The Kier molecular flexibility index (Phi) is 4.14. The van der Waals surface area contributed by atoms with Gasteiger partial charge in [0.15, 0.2) is 0 Å². The Labute approximate surface area is 153 Å². The third-order valence-electron chi connectivity index (χ3n) is 4.52. The molecular formula is C19H17BrN2OS. The molecule has 2 aromatic heterocycles. The van der Waals surface area contributed by atoms with Gasteiger partial charge in [0.25, 0.3) is 5.91 Å². The fourth-order valence-corrected chi connectivity index (χ4v) is 4.45. The molecule has 24 heavy (non-hydrogen) atoms. The molecule has 3 nitrogen and oxygen atoms in total. The summed E-state index contributed by atoms with van der Waals surface area (Å²) in [6, 6.07) is 6.09. The number of amides is 1.